The van der Waals surface area contributed by atoms with E-state index in [4.69, 9.17) is 14.2 Å². The van der Waals surface area contributed by atoms with Crippen LogP contribution in [0.1, 0.15) is 30.1 Å². The Bertz CT molecular complexity index is 622. The average Bonchev–Trinajstić information content (AvgIpc) is 2.66. The Morgan fingerprint density at radius 3 is 2.50 bits per heavy atom. The first-order valence-corrected chi connectivity index (χ1v) is 8.36. The number of methoxy groups -OCH3 is 1. The van der Waals surface area contributed by atoms with Gasteiger partial charge in [-0.15, -0.1) is 0 Å². The second-order valence-corrected chi connectivity index (χ2v) is 6.23. The van der Waals surface area contributed by atoms with Crippen LogP contribution in [-0.2, 0) is 9.53 Å². The third-order valence-corrected chi connectivity index (χ3v) is 4.82. The van der Waals surface area contributed by atoms with Gasteiger partial charge in [0.15, 0.2) is 17.3 Å². The molecule has 1 atom stereocenters. The Hall–Kier alpha value is -2.08. The van der Waals surface area contributed by atoms with Crippen LogP contribution < -0.4 is 9.47 Å². The molecule has 2 heterocycles. The lowest BCUT2D eigenvalue weighted by Crippen LogP contribution is -2.45. The molecule has 0 bridgehead atoms. The zero-order valence-electron chi connectivity index (χ0n) is 14.1. The molecule has 1 fully saturated rings. The molecule has 0 aromatic heterocycles. The maximum atomic E-state index is 12.7. The number of fused-ring (bicyclic) bond motifs is 1. The molecule has 0 spiro atoms. The fraction of sp³-hybridized carbons (Fsp3) is 0.556. The molecule has 0 N–H and O–H groups in total. The number of nitrogens with zero attached hydrogens (tertiary/aromatic N) is 1. The van der Waals surface area contributed by atoms with Gasteiger partial charge in [-0.25, -0.2) is 0 Å². The summed E-state index contributed by atoms with van der Waals surface area (Å²) in [7, 11) is 1.40. The normalized spacial score (nSPS) is 19.6. The van der Waals surface area contributed by atoms with Crippen molar-refractivity contribution in [3.8, 4) is 11.5 Å². The highest BCUT2D eigenvalue weighted by Crippen LogP contribution is 2.32. The summed E-state index contributed by atoms with van der Waals surface area (Å²) >= 11 is 0. The van der Waals surface area contributed by atoms with Crippen molar-refractivity contribution in [3.63, 3.8) is 0 Å². The van der Waals surface area contributed by atoms with Gasteiger partial charge in [-0.05, 0) is 51.1 Å². The van der Waals surface area contributed by atoms with E-state index in [1.807, 2.05) is 6.92 Å². The number of rotatable bonds is 4. The van der Waals surface area contributed by atoms with Crippen molar-refractivity contribution in [2.45, 2.75) is 25.8 Å². The van der Waals surface area contributed by atoms with Gasteiger partial charge in [0.1, 0.15) is 19.3 Å². The van der Waals surface area contributed by atoms with Gasteiger partial charge in [0, 0.05) is 11.5 Å². The first kappa shape index (κ1) is 16.8. The monoisotopic (exact) mass is 333 g/mol. The summed E-state index contributed by atoms with van der Waals surface area (Å²) in [6.07, 6.45) is 1.49. The first-order valence-electron chi connectivity index (χ1n) is 8.36. The van der Waals surface area contributed by atoms with Gasteiger partial charge < -0.3 is 14.2 Å². The lowest BCUT2D eigenvalue weighted by Gasteiger charge is -2.34. The predicted octanol–water partition coefficient (Wildman–Crippen LogP) is 1.91. The molecule has 2 aliphatic rings. The summed E-state index contributed by atoms with van der Waals surface area (Å²) in [6, 6.07) is 5.12. The van der Waals surface area contributed by atoms with E-state index in [2.05, 4.69) is 4.90 Å². The number of carbonyl (C=O) groups excluding carboxylic acids is 2. The number of hydrogen-bond donors (Lipinski definition) is 0. The van der Waals surface area contributed by atoms with Crippen LogP contribution in [0, 0.1) is 5.92 Å². The van der Waals surface area contributed by atoms with E-state index in [9.17, 15) is 9.59 Å². The summed E-state index contributed by atoms with van der Waals surface area (Å²) in [5.41, 5.74) is 0.665. The predicted molar refractivity (Wildman–Crippen MR) is 87.5 cm³/mol. The van der Waals surface area contributed by atoms with Gasteiger partial charge >= 0.3 is 5.97 Å². The summed E-state index contributed by atoms with van der Waals surface area (Å²) < 4.78 is 15.8. The fourth-order valence-corrected chi connectivity index (χ4v) is 3.30. The van der Waals surface area contributed by atoms with Crippen molar-refractivity contribution < 1.29 is 23.8 Å². The number of esters is 1. The number of Topliss-reactive ketones (excluding diaryl/α,β-unsaturated/α-hetero) is 1. The molecule has 1 unspecified atom stereocenters. The van der Waals surface area contributed by atoms with Gasteiger partial charge in [-0.1, -0.05) is 0 Å². The highest BCUT2D eigenvalue weighted by Gasteiger charge is 2.31. The summed E-state index contributed by atoms with van der Waals surface area (Å²) in [5.74, 6) is 1.22. The topological polar surface area (TPSA) is 65.1 Å². The van der Waals surface area contributed by atoms with E-state index in [0.29, 0.717) is 30.3 Å². The lowest BCUT2D eigenvalue weighted by molar-refractivity contribution is -0.146. The van der Waals surface area contributed by atoms with E-state index in [1.165, 1.54) is 7.11 Å². The molecule has 130 valence electrons. The number of ether oxygens (including phenoxy) is 3. The molecule has 1 saturated heterocycles. The van der Waals surface area contributed by atoms with E-state index in [1.54, 1.807) is 18.2 Å². The van der Waals surface area contributed by atoms with Crippen molar-refractivity contribution in [1.29, 1.82) is 0 Å². The molecule has 6 nitrogen and oxygen atoms in total. The maximum absolute atomic E-state index is 12.7. The zero-order chi connectivity index (χ0) is 17.1. The molecule has 0 aliphatic carbocycles. The van der Waals surface area contributed by atoms with Gasteiger partial charge in [-0.2, -0.15) is 0 Å². The standard InChI is InChI=1S/C18H23NO5/c1-12(18(21)22-2)19-7-5-13(6-8-19)17(20)14-3-4-15-16(11-14)24-10-9-23-15/h3-4,11-13H,5-10H2,1-2H3. The van der Waals surface area contributed by atoms with Gasteiger partial charge in [0.05, 0.1) is 7.11 Å². The molecule has 2 aliphatic heterocycles. The molecule has 1 aromatic carbocycles. The Morgan fingerprint density at radius 1 is 1.17 bits per heavy atom. The average molecular weight is 333 g/mol. The minimum Gasteiger partial charge on any atom is -0.486 e. The Balaban J connectivity index is 1.62. The van der Waals surface area contributed by atoms with Crippen molar-refractivity contribution in [2.24, 2.45) is 5.92 Å². The van der Waals surface area contributed by atoms with Crippen LogP contribution in [0.2, 0.25) is 0 Å². The number of benzene rings is 1. The van der Waals surface area contributed by atoms with Crippen LogP contribution in [0.4, 0.5) is 0 Å². The Labute approximate surface area is 141 Å². The maximum Gasteiger partial charge on any atom is 0.322 e. The minimum absolute atomic E-state index is 0.0198. The molecule has 0 radical (unpaired) electrons. The van der Waals surface area contributed by atoms with E-state index >= 15 is 0 Å². The van der Waals surface area contributed by atoms with Crippen molar-refractivity contribution in [3.05, 3.63) is 23.8 Å². The van der Waals surface area contributed by atoms with Crippen LogP contribution in [0.5, 0.6) is 11.5 Å². The van der Waals surface area contributed by atoms with Gasteiger partial charge in [0.25, 0.3) is 0 Å². The quantitative estimate of drug-likeness (QED) is 0.619. The lowest BCUT2D eigenvalue weighted by atomic mass is 9.88. The van der Waals surface area contributed by atoms with Crippen LogP contribution in [0.3, 0.4) is 0 Å². The number of piperidine rings is 1. The molecule has 1 aromatic rings. The van der Waals surface area contributed by atoms with E-state index in [-0.39, 0.29) is 23.7 Å². The molecule has 0 saturated carbocycles. The summed E-state index contributed by atoms with van der Waals surface area (Å²) in [6.45, 7) is 4.33. The number of carbonyl (C=O) groups is 2. The van der Waals surface area contributed by atoms with Gasteiger partial charge in [0.2, 0.25) is 0 Å². The van der Waals surface area contributed by atoms with E-state index < -0.39 is 0 Å². The van der Waals surface area contributed by atoms with Crippen LogP contribution in [0.15, 0.2) is 18.2 Å². The highest BCUT2D eigenvalue weighted by molar-refractivity contribution is 5.98. The van der Waals surface area contributed by atoms with Crippen molar-refractivity contribution in [1.82, 2.24) is 4.90 Å². The first-order chi connectivity index (χ1) is 11.6. The SMILES string of the molecule is COC(=O)C(C)N1CCC(C(=O)c2ccc3c(c2)OCCO3)CC1. The smallest absolute Gasteiger partial charge is 0.322 e. The minimum atomic E-state index is -0.264. The van der Waals surface area contributed by atoms with Crippen molar-refractivity contribution in [2.75, 3.05) is 33.4 Å². The molecular weight excluding hydrogens is 310 g/mol. The summed E-state index contributed by atoms with van der Waals surface area (Å²) in [5, 5.41) is 0. The summed E-state index contributed by atoms with van der Waals surface area (Å²) in [4.78, 5) is 26.4. The zero-order valence-corrected chi connectivity index (χ0v) is 14.1. The molecule has 3 rings (SSSR count). The van der Waals surface area contributed by atoms with E-state index in [0.717, 1.165) is 25.9 Å². The van der Waals surface area contributed by atoms with Gasteiger partial charge in [-0.3, -0.25) is 14.5 Å². The molecule has 0 amide bonds. The molecule has 6 heteroatoms. The van der Waals surface area contributed by atoms with Crippen molar-refractivity contribution >= 4 is 11.8 Å². The number of ketones is 1. The Kier molecular flexibility index (Phi) is 5.04. The largest absolute Gasteiger partial charge is 0.486 e. The van der Waals surface area contributed by atoms with Crippen LogP contribution >= 0.6 is 0 Å². The number of hydrogen-bond acceptors (Lipinski definition) is 6. The molecular formula is C18H23NO5. The molecule has 24 heavy (non-hydrogen) atoms. The third-order valence-electron chi connectivity index (χ3n) is 4.82. The second kappa shape index (κ2) is 7.21. The van der Waals surface area contributed by atoms with Crippen LogP contribution in [0.25, 0.3) is 0 Å². The third kappa shape index (κ3) is 3.38. The van der Waals surface area contributed by atoms with Crippen LogP contribution in [-0.4, -0.2) is 56.1 Å². The second-order valence-electron chi connectivity index (χ2n) is 6.23. The fourth-order valence-electron chi connectivity index (χ4n) is 3.30. The Morgan fingerprint density at radius 2 is 1.83 bits per heavy atom. The highest BCUT2D eigenvalue weighted by atomic mass is 16.6. The number of likely N-dealkylation sites (tertiary alicyclic amines) is 1.